The van der Waals surface area contributed by atoms with Crippen LogP contribution in [-0.4, -0.2) is 28.4 Å². The number of ketones is 1. The van der Waals surface area contributed by atoms with Crippen LogP contribution in [0.15, 0.2) is 66.5 Å². The predicted molar refractivity (Wildman–Crippen MR) is 121 cm³/mol. The Morgan fingerprint density at radius 3 is 2.66 bits per heavy atom. The highest BCUT2D eigenvalue weighted by molar-refractivity contribution is 6.51. The third-order valence-corrected chi connectivity index (χ3v) is 6.26. The fourth-order valence-corrected chi connectivity index (χ4v) is 4.43. The van der Waals surface area contributed by atoms with Crippen molar-refractivity contribution in [2.45, 2.75) is 26.3 Å². The molecule has 1 atom stereocenters. The number of fused-ring (bicyclic) bond motifs is 1. The number of pyridine rings is 1. The second kappa shape index (κ2) is 7.64. The van der Waals surface area contributed by atoms with Crippen molar-refractivity contribution < 1.29 is 19.4 Å². The molecule has 1 unspecified atom stereocenters. The SMILES string of the molecule is Cc1cccc(N2C(=O)C(=O)/C(=C(\O)c3ccc4c(c3)CCO4)C2c2ccncc2)c1C. The molecular formula is C26H22N2O4. The average Bonchev–Trinajstić information content (AvgIpc) is 3.38. The van der Waals surface area contributed by atoms with E-state index in [1.165, 1.54) is 4.90 Å². The molecule has 0 spiro atoms. The monoisotopic (exact) mass is 426 g/mol. The number of rotatable bonds is 3. The zero-order valence-electron chi connectivity index (χ0n) is 17.8. The standard InChI is InChI=1S/C26H22N2O4/c1-15-4-3-5-20(16(15)2)28-23(17-8-11-27-12-9-17)22(25(30)26(28)31)24(29)19-6-7-21-18(14-19)10-13-32-21/h3-9,11-12,14,23,29H,10,13H2,1-2H3/b24-22-. The Balaban J connectivity index is 1.73. The number of aromatic nitrogens is 1. The topological polar surface area (TPSA) is 79.7 Å². The molecule has 0 bridgehead atoms. The third-order valence-electron chi connectivity index (χ3n) is 6.26. The molecule has 2 aliphatic heterocycles. The minimum atomic E-state index is -0.761. The van der Waals surface area contributed by atoms with Crippen LogP contribution in [0.2, 0.25) is 0 Å². The van der Waals surface area contributed by atoms with Gasteiger partial charge in [-0.05, 0) is 72.5 Å². The molecule has 0 saturated carbocycles. The minimum absolute atomic E-state index is 0.0703. The fourth-order valence-electron chi connectivity index (χ4n) is 4.43. The van der Waals surface area contributed by atoms with Crippen LogP contribution in [0.1, 0.15) is 33.9 Å². The first kappa shape index (κ1) is 20.0. The summed E-state index contributed by atoms with van der Waals surface area (Å²) in [5.41, 5.74) is 4.80. The van der Waals surface area contributed by atoms with Crippen molar-refractivity contribution in [3.8, 4) is 5.75 Å². The summed E-state index contributed by atoms with van der Waals surface area (Å²) in [5.74, 6) is -0.774. The van der Waals surface area contributed by atoms with Gasteiger partial charge in [0, 0.05) is 30.1 Å². The second-order valence-electron chi connectivity index (χ2n) is 8.09. The summed E-state index contributed by atoms with van der Waals surface area (Å²) in [6, 6.07) is 13.7. The van der Waals surface area contributed by atoms with Gasteiger partial charge in [-0.3, -0.25) is 19.5 Å². The molecule has 6 heteroatoms. The minimum Gasteiger partial charge on any atom is -0.507 e. The molecule has 3 heterocycles. The maximum Gasteiger partial charge on any atom is 0.300 e. The molecule has 0 aliphatic carbocycles. The first-order chi connectivity index (χ1) is 15.5. The smallest absolute Gasteiger partial charge is 0.300 e. The maximum absolute atomic E-state index is 13.3. The number of aliphatic hydroxyl groups excluding tert-OH is 1. The van der Waals surface area contributed by atoms with Crippen LogP contribution < -0.4 is 9.64 Å². The summed E-state index contributed by atoms with van der Waals surface area (Å²) >= 11 is 0. The van der Waals surface area contributed by atoms with Crippen molar-refractivity contribution in [2.75, 3.05) is 11.5 Å². The lowest BCUT2D eigenvalue weighted by Crippen LogP contribution is -2.30. The largest absolute Gasteiger partial charge is 0.507 e. The number of benzene rings is 2. The van der Waals surface area contributed by atoms with Crippen LogP contribution in [0.4, 0.5) is 5.69 Å². The quantitative estimate of drug-likeness (QED) is 0.385. The molecule has 0 radical (unpaired) electrons. The zero-order chi connectivity index (χ0) is 22.4. The van der Waals surface area contributed by atoms with Gasteiger partial charge in [-0.25, -0.2) is 0 Å². The number of nitrogens with zero attached hydrogens (tertiary/aromatic N) is 2. The highest BCUT2D eigenvalue weighted by atomic mass is 16.5. The van der Waals surface area contributed by atoms with Gasteiger partial charge in [0.2, 0.25) is 0 Å². The number of ether oxygens (including phenoxy) is 1. The van der Waals surface area contributed by atoms with E-state index in [9.17, 15) is 14.7 Å². The Hall–Kier alpha value is -3.93. The van der Waals surface area contributed by atoms with Crippen molar-refractivity contribution >= 4 is 23.1 Å². The first-order valence-electron chi connectivity index (χ1n) is 10.5. The lowest BCUT2D eigenvalue weighted by Gasteiger charge is -2.27. The van der Waals surface area contributed by atoms with Crippen LogP contribution in [0.25, 0.3) is 5.76 Å². The van der Waals surface area contributed by atoms with E-state index in [0.717, 1.165) is 28.9 Å². The van der Waals surface area contributed by atoms with Gasteiger partial charge in [-0.15, -0.1) is 0 Å². The van der Waals surface area contributed by atoms with Crippen LogP contribution in [-0.2, 0) is 16.0 Å². The second-order valence-corrected chi connectivity index (χ2v) is 8.09. The van der Waals surface area contributed by atoms with Crippen LogP contribution in [0.5, 0.6) is 5.75 Å². The van der Waals surface area contributed by atoms with Crippen LogP contribution >= 0.6 is 0 Å². The van der Waals surface area contributed by atoms with Gasteiger partial charge in [0.05, 0.1) is 18.2 Å². The molecule has 1 saturated heterocycles. The molecular weight excluding hydrogens is 404 g/mol. The van der Waals surface area contributed by atoms with Crippen molar-refractivity contribution in [1.29, 1.82) is 0 Å². The summed E-state index contributed by atoms with van der Waals surface area (Å²) in [6.07, 6.45) is 3.97. The highest BCUT2D eigenvalue weighted by Crippen LogP contribution is 2.43. The van der Waals surface area contributed by atoms with Crippen molar-refractivity contribution in [3.63, 3.8) is 0 Å². The summed E-state index contributed by atoms with van der Waals surface area (Å²) in [6.45, 7) is 4.48. The van der Waals surface area contributed by atoms with E-state index in [1.807, 2.05) is 38.1 Å². The normalized spacial score (nSPS) is 19.2. The zero-order valence-corrected chi connectivity index (χ0v) is 17.8. The number of Topliss-reactive ketones (excluding diaryl/α,β-unsaturated/α-hetero) is 1. The average molecular weight is 426 g/mol. The van der Waals surface area contributed by atoms with Gasteiger partial charge in [-0.2, -0.15) is 0 Å². The predicted octanol–water partition coefficient (Wildman–Crippen LogP) is 4.26. The number of carbonyl (C=O) groups excluding carboxylic acids is 2. The summed E-state index contributed by atoms with van der Waals surface area (Å²) in [4.78, 5) is 32.1. The van der Waals surface area contributed by atoms with Crippen LogP contribution in [0.3, 0.4) is 0 Å². The Morgan fingerprint density at radius 2 is 1.88 bits per heavy atom. The fraction of sp³-hybridized carbons (Fsp3) is 0.192. The third kappa shape index (κ3) is 3.07. The molecule has 160 valence electrons. The van der Waals surface area contributed by atoms with Gasteiger partial charge in [0.25, 0.3) is 11.7 Å². The number of aryl methyl sites for hydroxylation is 1. The van der Waals surface area contributed by atoms with E-state index < -0.39 is 17.7 Å². The van der Waals surface area contributed by atoms with Gasteiger partial charge in [-0.1, -0.05) is 12.1 Å². The first-order valence-corrected chi connectivity index (χ1v) is 10.5. The molecule has 3 aromatic rings. The number of hydrogen-bond donors (Lipinski definition) is 1. The maximum atomic E-state index is 13.3. The van der Waals surface area contributed by atoms with E-state index >= 15 is 0 Å². The lowest BCUT2D eigenvalue weighted by molar-refractivity contribution is -0.132. The Labute approximate surface area is 185 Å². The Bertz CT molecular complexity index is 1280. The van der Waals surface area contributed by atoms with E-state index in [2.05, 4.69) is 4.98 Å². The lowest BCUT2D eigenvalue weighted by atomic mass is 9.94. The van der Waals surface area contributed by atoms with Crippen molar-refractivity contribution in [1.82, 2.24) is 4.98 Å². The number of hydrogen-bond acceptors (Lipinski definition) is 5. The van der Waals surface area contributed by atoms with E-state index in [0.29, 0.717) is 23.4 Å². The van der Waals surface area contributed by atoms with Crippen molar-refractivity contribution in [2.24, 2.45) is 0 Å². The number of anilines is 1. The van der Waals surface area contributed by atoms with Crippen molar-refractivity contribution in [3.05, 3.63) is 94.3 Å². The molecule has 32 heavy (non-hydrogen) atoms. The highest BCUT2D eigenvalue weighted by Gasteiger charge is 2.47. The summed E-state index contributed by atoms with van der Waals surface area (Å²) < 4.78 is 5.55. The van der Waals surface area contributed by atoms with Gasteiger partial charge in [0.15, 0.2) is 0 Å². The molecule has 5 rings (SSSR count). The molecule has 6 nitrogen and oxygen atoms in total. The van der Waals surface area contributed by atoms with E-state index in [1.54, 1.807) is 36.7 Å². The Morgan fingerprint density at radius 1 is 1.09 bits per heavy atom. The molecule has 2 aromatic carbocycles. The van der Waals surface area contributed by atoms with Gasteiger partial charge >= 0.3 is 0 Å². The number of amides is 1. The van der Waals surface area contributed by atoms with Gasteiger partial charge in [0.1, 0.15) is 11.5 Å². The van der Waals surface area contributed by atoms with Crippen LogP contribution in [0, 0.1) is 13.8 Å². The number of aliphatic hydroxyl groups is 1. The number of carbonyl (C=O) groups is 2. The van der Waals surface area contributed by atoms with E-state index in [4.69, 9.17) is 4.74 Å². The molecule has 1 N–H and O–H groups in total. The molecule has 2 aliphatic rings. The Kier molecular flexibility index (Phi) is 4.78. The van der Waals surface area contributed by atoms with Gasteiger partial charge < -0.3 is 9.84 Å². The molecule has 1 fully saturated rings. The molecule has 1 aromatic heterocycles. The summed E-state index contributed by atoms with van der Waals surface area (Å²) in [5, 5.41) is 11.3. The summed E-state index contributed by atoms with van der Waals surface area (Å²) in [7, 11) is 0. The van der Waals surface area contributed by atoms with E-state index in [-0.39, 0.29) is 11.3 Å². The molecule has 1 amide bonds.